The van der Waals surface area contributed by atoms with Gasteiger partial charge >= 0.3 is 0 Å². The van der Waals surface area contributed by atoms with E-state index in [1.54, 1.807) is 25.1 Å². The third-order valence-corrected chi connectivity index (χ3v) is 6.20. The summed E-state index contributed by atoms with van der Waals surface area (Å²) in [7, 11) is -2.74. The maximum Gasteiger partial charge on any atom is 0.285 e. The molecule has 0 saturated heterocycles. The summed E-state index contributed by atoms with van der Waals surface area (Å²) in [6.45, 7) is 5.35. The molecule has 1 amide bonds. The molecule has 0 atom stereocenters. The highest BCUT2D eigenvalue weighted by Gasteiger charge is 2.27. The van der Waals surface area contributed by atoms with E-state index in [2.05, 4.69) is 4.98 Å². The number of hydrogen-bond donors (Lipinski definition) is 1. The lowest BCUT2D eigenvalue weighted by molar-refractivity contribution is 0.0977. The number of imidazole rings is 1. The van der Waals surface area contributed by atoms with Crippen LogP contribution in [0.1, 0.15) is 41.4 Å². The van der Waals surface area contributed by atoms with E-state index in [-0.39, 0.29) is 22.3 Å². The van der Waals surface area contributed by atoms with Gasteiger partial charge in [-0.05, 0) is 36.1 Å². The molecule has 0 spiro atoms. The van der Waals surface area contributed by atoms with E-state index in [0.29, 0.717) is 11.1 Å². The lowest BCUT2D eigenvalue weighted by atomic mass is 10.0. The highest BCUT2D eigenvalue weighted by atomic mass is 32.2. The molecule has 1 N–H and O–H groups in total. The molecule has 0 aliphatic carbocycles. The fraction of sp³-hybridized carbons (Fsp3) is 0.238. The monoisotopic (exact) mass is 433 g/mol. The summed E-state index contributed by atoms with van der Waals surface area (Å²) in [6.07, 6.45) is 1.22. The van der Waals surface area contributed by atoms with E-state index >= 15 is 0 Å². The average molecular weight is 433 g/mol. The molecule has 0 radical (unpaired) electrons. The third-order valence-electron chi connectivity index (χ3n) is 4.66. The summed E-state index contributed by atoms with van der Waals surface area (Å²) in [5, 5.41) is 0. The number of benzene rings is 2. The number of amides is 1. The molecule has 9 heteroatoms. The van der Waals surface area contributed by atoms with Crippen LogP contribution in [0.2, 0.25) is 0 Å². The molecule has 158 valence electrons. The minimum Gasteiger partial charge on any atom is -0.333 e. The minimum absolute atomic E-state index is 0.0321. The van der Waals surface area contributed by atoms with Crippen molar-refractivity contribution in [2.75, 3.05) is 0 Å². The summed E-state index contributed by atoms with van der Waals surface area (Å²) >= 11 is 0. The largest absolute Gasteiger partial charge is 0.333 e. The van der Waals surface area contributed by atoms with Crippen LogP contribution in [0.5, 0.6) is 0 Å². The minimum atomic E-state index is -4.20. The molecule has 30 heavy (non-hydrogen) atoms. The quantitative estimate of drug-likeness (QED) is 0.661. The normalized spacial score (nSPS) is 11.7. The van der Waals surface area contributed by atoms with E-state index in [4.69, 9.17) is 0 Å². The Morgan fingerprint density at radius 1 is 1.10 bits per heavy atom. The number of hydrogen-bond acceptors (Lipinski definition) is 4. The van der Waals surface area contributed by atoms with Crippen molar-refractivity contribution in [3.8, 4) is 11.4 Å². The Balaban J connectivity index is 1.99. The van der Waals surface area contributed by atoms with Crippen LogP contribution < -0.4 is 4.72 Å². The van der Waals surface area contributed by atoms with Crippen molar-refractivity contribution in [2.45, 2.75) is 31.6 Å². The Kier molecular flexibility index (Phi) is 5.76. The fourth-order valence-electron chi connectivity index (χ4n) is 3.24. The predicted octanol–water partition coefficient (Wildman–Crippen LogP) is 3.92. The molecule has 0 aliphatic heterocycles. The predicted molar refractivity (Wildman–Crippen MR) is 108 cm³/mol. The first-order valence-electron chi connectivity index (χ1n) is 9.17. The van der Waals surface area contributed by atoms with Crippen molar-refractivity contribution >= 4 is 15.9 Å². The molecule has 0 aliphatic rings. The maximum absolute atomic E-state index is 14.1. The topological polar surface area (TPSA) is 81.1 Å². The van der Waals surface area contributed by atoms with Crippen molar-refractivity contribution < 1.29 is 22.0 Å². The van der Waals surface area contributed by atoms with Crippen LogP contribution in [-0.2, 0) is 17.1 Å². The second-order valence-electron chi connectivity index (χ2n) is 7.24. The van der Waals surface area contributed by atoms with Crippen molar-refractivity contribution in [2.24, 2.45) is 7.05 Å². The van der Waals surface area contributed by atoms with Gasteiger partial charge in [0, 0.05) is 13.2 Å². The zero-order valence-corrected chi connectivity index (χ0v) is 17.7. The Labute approximate surface area is 173 Å². The number of aryl methyl sites for hydroxylation is 2. The van der Waals surface area contributed by atoms with E-state index in [1.165, 1.54) is 23.9 Å². The Bertz CT molecular complexity index is 1210. The summed E-state index contributed by atoms with van der Waals surface area (Å²) in [6, 6.07) is 8.44. The van der Waals surface area contributed by atoms with Gasteiger partial charge in [0.15, 0.2) is 0 Å². The Hall–Kier alpha value is -3.07. The molecule has 3 aromatic rings. The zero-order chi connectivity index (χ0) is 22.2. The van der Waals surface area contributed by atoms with Crippen LogP contribution in [-0.4, -0.2) is 23.9 Å². The van der Waals surface area contributed by atoms with Gasteiger partial charge in [-0.15, -0.1) is 0 Å². The fourth-order valence-corrected chi connectivity index (χ4v) is 4.80. The zero-order valence-electron chi connectivity index (χ0n) is 16.9. The molecular formula is C21H21F2N3O3S. The van der Waals surface area contributed by atoms with Crippen LogP contribution >= 0.6 is 0 Å². The summed E-state index contributed by atoms with van der Waals surface area (Å²) in [5.41, 5.74) is 0.392. The van der Waals surface area contributed by atoms with Gasteiger partial charge in [0.05, 0.1) is 10.5 Å². The number of sulfonamides is 1. The van der Waals surface area contributed by atoms with Crippen LogP contribution in [0.4, 0.5) is 8.78 Å². The SMILES string of the molecule is Cc1cccc(C(C)C)c1S(=O)(=O)NC(=O)c1cn(C)c(-c2c(F)cccc2F)n1. The number of nitrogens with one attached hydrogen (secondary N) is 1. The summed E-state index contributed by atoms with van der Waals surface area (Å²) in [4.78, 5) is 16.6. The van der Waals surface area contributed by atoms with E-state index in [1.807, 2.05) is 18.6 Å². The van der Waals surface area contributed by atoms with Crippen molar-refractivity contribution in [3.05, 3.63) is 71.1 Å². The van der Waals surface area contributed by atoms with Gasteiger partial charge in [-0.25, -0.2) is 26.9 Å². The van der Waals surface area contributed by atoms with E-state index < -0.39 is 33.1 Å². The molecule has 0 bridgehead atoms. The van der Waals surface area contributed by atoms with Gasteiger partial charge in [-0.1, -0.05) is 38.1 Å². The highest BCUT2D eigenvalue weighted by Crippen LogP contribution is 2.28. The average Bonchev–Trinajstić information content (AvgIpc) is 3.02. The van der Waals surface area contributed by atoms with Gasteiger partial charge in [-0.3, -0.25) is 4.79 Å². The number of carbonyl (C=O) groups is 1. The smallest absolute Gasteiger partial charge is 0.285 e. The third kappa shape index (κ3) is 3.97. The van der Waals surface area contributed by atoms with E-state index in [9.17, 15) is 22.0 Å². The number of carbonyl (C=O) groups excluding carboxylic acids is 1. The maximum atomic E-state index is 14.1. The molecule has 1 heterocycles. The van der Waals surface area contributed by atoms with Gasteiger partial charge < -0.3 is 4.57 Å². The first kappa shape index (κ1) is 21.6. The number of halogens is 2. The van der Waals surface area contributed by atoms with Crippen LogP contribution in [0.15, 0.2) is 47.5 Å². The molecule has 0 unspecified atom stereocenters. The van der Waals surface area contributed by atoms with Gasteiger partial charge in [0.2, 0.25) is 0 Å². The van der Waals surface area contributed by atoms with Crippen LogP contribution in [0.3, 0.4) is 0 Å². The molecule has 0 saturated carbocycles. The van der Waals surface area contributed by atoms with Crippen molar-refractivity contribution in [1.82, 2.24) is 14.3 Å². The standard InChI is InChI=1S/C21H21F2N3O3S/c1-12(2)14-8-5-7-13(3)19(14)30(28,29)25-21(27)17-11-26(4)20(24-17)18-15(22)9-6-10-16(18)23/h5-12H,1-4H3,(H,25,27). The molecule has 0 fully saturated rings. The van der Waals surface area contributed by atoms with E-state index in [0.717, 1.165) is 12.1 Å². The molecular weight excluding hydrogens is 412 g/mol. The number of nitrogens with zero attached hydrogens (tertiary/aromatic N) is 2. The Morgan fingerprint density at radius 2 is 1.70 bits per heavy atom. The van der Waals surface area contributed by atoms with Crippen LogP contribution in [0, 0.1) is 18.6 Å². The summed E-state index contributed by atoms with van der Waals surface area (Å²) in [5.74, 6) is -2.90. The lowest BCUT2D eigenvalue weighted by Gasteiger charge is -2.16. The van der Waals surface area contributed by atoms with Crippen molar-refractivity contribution in [3.63, 3.8) is 0 Å². The molecule has 1 aromatic heterocycles. The molecule has 3 rings (SSSR count). The Morgan fingerprint density at radius 3 is 2.30 bits per heavy atom. The van der Waals surface area contributed by atoms with Crippen LogP contribution in [0.25, 0.3) is 11.4 Å². The second-order valence-corrected chi connectivity index (χ2v) is 8.86. The van der Waals surface area contributed by atoms with Crippen molar-refractivity contribution in [1.29, 1.82) is 0 Å². The number of rotatable bonds is 5. The number of aromatic nitrogens is 2. The summed E-state index contributed by atoms with van der Waals surface area (Å²) < 4.78 is 57.4. The first-order chi connectivity index (χ1) is 14.0. The second kappa shape index (κ2) is 7.98. The molecule has 6 nitrogen and oxygen atoms in total. The van der Waals surface area contributed by atoms with Gasteiger partial charge in [0.1, 0.15) is 23.2 Å². The van der Waals surface area contributed by atoms with Gasteiger partial charge in [-0.2, -0.15) is 0 Å². The molecule has 2 aromatic carbocycles. The highest BCUT2D eigenvalue weighted by molar-refractivity contribution is 7.90. The lowest BCUT2D eigenvalue weighted by Crippen LogP contribution is -2.32. The van der Waals surface area contributed by atoms with Gasteiger partial charge in [0.25, 0.3) is 15.9 Å². The first-order valence-corrected chi connectivity index (χ1v) is 10.7.